The van der Waals surface area contributed by atoms with Gasteiger partial charge < -0.3 is 5.32 Å². The van der Waals surface area contributed by atoms with E-state index in [0.717, 1.165) is 15.5 Å². The second-order valence-electron chi connectivity index (χ2n) is 5.28. The zero-order chi connectivity index (χ0) is 17.2. The second-order valence-corrected chi connectivity index (χ2v) is 7.28. The molecule has 0 saturated heterocycles. The minimum Gasteiger partial charge on any atom is -0.324 e. The van der Waals surface area contributed by atoms with E-state index in [4.69, 9.17) is 0 Å². The van der Waals surface area contributed by atoms with Crippen LogP contribution in [0.3, 0.4) is 0 Å². The van der Waals surface area contributed by atoms with E-state index in [9.17, 15) is 9.59 Å². The fourth-order valence-electron chi connectivity index (χ4n) is 2.36. The first kappa shape index (κ1) is 15.8. The normalized spacial score (nSPS) is 13.0. The van der Waals surface area contributed by atoms with Gasteiger partial charge in [-0.1, -0.05) is 41.7 Å². The summed E-state index contributed by atoms with van der Waals surface area (Å²) in [6.45, 7) is 0. The number of nitrogens with zero attached hydrogens (tertiary/aromatic N) is 2. The first-order valence-corrected chi connectivity index (χ1v) is 9.26. The summed E-state index contributed by atoms with van der Waals surface area (Å²) in [5.41, 5.74) is 2.07. The van der Waals surface area contributed by atoms with Crippen molar-refractivity contribution in [1.82, 2.24) is 10.2 Å². The minimum absolute atomic E-state index is 0.0633. The standard InChI is InChI=1S/C17H12N4O2S2/c22-14-9-24-13-7-6-11(8-12(13)18-14)15(23)19-17-21-20-16(25-17)10-4-2-1-3-5-10/h1-8H,9H2,(H,18,22)(H,19,21,23). The fourth-order valence-corrected chi connectivity index (χ4v) is 3.90. The number of hydrogen-bond acceptors (Lipinski definition) is 6. The maximum absolute atomic E-state index is 12.4. The summed E-state index contributed by atoms with van der Waals surface area (Å²) >= 11 is 2.77. The number of rotatable bonds is 3. The van der Waals surface area contributed by atoms with Gasteiger partial charge in [-0.2, -0.15) is 0 Å². The molecule has 2 heterocycles. The van der Waals surface area contributed by atoms with Crippen molar-refractivity contribution in [2.24, 2.45) is 0 Å². The topological polar surface area (TPSA) is 84.0 Å². The third-order valence-electron chi connectivity index (χ3n) is 3.54. The molecule has 0 atom stereocenters. The van der Waals surface area contributed by atoms with Crippen molar-refractivity contribution in [2.45, 2.75) is 4.90 Å². The Labute approximate surface area is 151 Å². The van der Waals surface area contributed by atoms with Crippen LogP contribution in [-0.2, 0) is 4.79 Å². The molecule has 25 heavy (non-hydrogen) atoms. The van der Waals surface area contributed by atoms with Crippen LogP contribution in [-0.4, -0.2) is 27.8 Å². The van der Waals surface area contributed by atoms with Gasteiger partial charge in [0.25, 0.3) is 5.91 Å². The molecule has 0 fully saturated rings. The van der Waals surface area contributed by atoms with Crippen LogP contribution in [0.25, 0.3) is 10.6 Å². The van der Waals surface area contributed by atoms with Crippen molar-refractivity contribution in [3.63, 3.8) is 0 Å². The van der Waals surface area contributed by atoms with Gasteiger partial charge in [0.2, 0.25) is 11.0 Å². The van der Waals surface area contributed by atoms with Gasteiger partial charge in [-0.15, -0.1) is 22.0 Å². The number of anilines is 2. The summed E-state index contributed by atoms with van der Waals surface area (Å²) in [5.74, 6) is 0.0426. The largest absolute Gasteiger partial charge is 0.324 e. The highest BCUT2D eigenvalue weighted by molar-refractivity contribution is 8.00. The van der Waals surface area contributed by atoms with Gasteiger partial charge in [0, 0.05) is 16.0 Å². The van der Waals surface area contributed by atoms with Gasteiger partial charge in [0.05, 0.1) is 11.4 Å². The molecular formula is C17H12N4O2S2. The smallest absolute Gasteiger partial charge is 0.257 e. The maximum Gasteiger partial charge on any atom is 0.257 e. The summed E-state index contributed by atoms with van der Waals surface area (Å²) in [4.78, 5) is 24.9. The van der Waals surface area contributed by atoms with E-state index in [1.807, 2.05) is 36.4 Å². The number of hydrogen-bond donors (Lipinski definition) is 2. The molecule has 0 saturated carbocycles. The Morgan fingerprint density at radius 3 is 2.80 bits per heavy atom. The Morgan fingerprint density at radius 2 is 1.96 bits per heavy atom. The van der Waals surface area contributed by atoms with Crippen molar-refractivity contribution in [3.05, 3.63) is 54.1 Å². The van der Waals surface area contributed by atoms with E-state index in [-0.39, 0.29) is 11.8 Å². The van der Waals surface area contributed by atoms with Crippen molar-refractivity contribution in [1.29, 1.82) is 0 Å². The van der Waals surface area contributed by atoms with E-state index in [0.29, 0.717) is 22.1 Å². The van der Waals surface area contributed by atoms with Crippen LogP contribution in [0.1, 0.15) is 10.4 Å². The number of benzene rings is 2. The average Bonchev–Trinajstić information content (AvgIpc) is 3.10. The molecule has 124 valence electrons. The second kappa shape index (κ2) is 6.66. The molecule has 1 aromatic heterocycles. The molecule has 8 heteroatoms. The Morgan fingerprint density at radius 1 is 1.12 bits per heavy atom. The molecule has 0 radical (unpaired) electrons. The number of aromatic nitrogens is 2. The molecule has 0 unspecified atom stereocenters. The van der Waals surface area contributed by atoms with Crippen LogP contribution >= 0.6 is 23.1 Å². The molecular weight excluding hydrogens is 356 g/mol. The molecule has 2 N–H and O–H groups in total. The van der Waals surface area contributed by atoms with Gasteiger partial charge in [0.1, 0.15) is 5.01 Å². The lowest BCUT2D eigenvalue weighted by Crippen LogP contribution is -2.19. The summed E-state index contributed by atoms with van der Waals surface area (Å²) in [6, 6.07) is 14.9. The summed E-state index contributed by atoms with van der Waals surface area (Å²) < 4.78 is 0. The van der Waals surface area contributed by atoms with E-state index < -0.39 is 0 Å². The number of nitrogens with one attached hydrogen (secondary N) is 2. The summed E-state index contributed by atoms with van der Waals surface area (Å²) in [5, 5.41) is 14.8. The van der Waals surface area contributed by atoms with Gasteiger partial charge in [-0.3, -0.25) is 14.9 Å². The molecule has 3 aromatic rings. The first-order chi connectivity index (χ1) is 12.2. The van der Waals surface area contributed by atoms with E-state index in [2.05, 4.69) is 20.8 Å². The summed E-state index contributed by atoms with van der Waals surface area (Å²) in [6.07, 6.45) is 0. The number of amides is 2. The van der Waals surface area contributed by atoms with Crippen molar-refractivity contribution >= 4 is 45.7 Å². The lowest BCUT2D eigenvalue weighted by molar-refractivity contribution is -0.113. The van der Waals surface area contributed by atoms with Crippen LogP contribution in [0.15, 0.2) is 53.4 Å². The van der Waals surface area contributed by atoms with Crippen molar-refractivity contribution in [2.75, 3.05) is 16.4 Å². The van der Waals surface area contributed by atoms with Crippen LogP contribution in [0.5, 0.6) is 0 Å². The van der Waals surface area contributed by atoms with Crippen molar-refractivity contribution < 1.29 is 9.59 Å². The third kappa shape index (κ3) is 3.40. The molecule has 6 nitrogen and oxygen atoms in total. The zero-order valence-electron chi connectivity index (χ0n) is 12.9. The molecule has 1 aliphatic rings. The van der Waals surface area contributed by atoms with Gasteiger partial charge in [0.15, 0.2) is 0 Å². The molecule has 4 rings (SSSR count). The lowest BCUT2D eigenvalue weighted by atomic mass is 10.2. The predicted octanol–water partition coefficient (Wildman–Crippen LogP) is 3.50. The van der Waals surface area contributed by atoms with Gasteiger partial charge in [-0.25, -0.2) is 0 Å². The molecule has 2 aromatic carbocycles. The maximum atomic E-state index is 12.4. The predicted molar refractivity (Wildman–Crippen MR) is 99.1 cm³/mol. The zero-order valence-corrected chi connectivity index (χ0v) is 14.5. The van der Waals surface area contributed by atoms with E-state index >= 15 is 0 Å². The Bertz CT molecular complexity index is 956. The molecule has 1 aliphatic heterocycles. The highest BCUT2D eigenvalue weighted by Crippen LogP contribution is 2.32. The molecule has 0 spiro atoms. The number of fused-ring (bicyclic) bond motifs is 1. The molecule has 0 bridgehead atoms. The Balaban J connectivity index is 1.52. The molecule has 0 aliphatic carbocycles. The SMILES string of the molecule is O=C1CSc2ccc(C(=O)Nc3nnc(-c4ccccc4)s3)cc2N1. The number of thioether (sulfide) groups is 1. The van der Waals surface area contributed by atoms with E-state index in [1.54, 1.807) is 12.1 Å². The Kier molecular flexibility index (Phi) is 4.21. The lowest BCUT2D eigenvalue weighted by Gasteiger charge is -2.16. The Hall–Kier alpha value is -2.71. The first-order valence-electron chi connectivity index (χ1n) is 7.46. The highest BCUT2D eigenvalue weighted by Gasteiger charge is 2.18. The third-order valence-corrected chi connectivity index (χ3v) is 5.50. The number of carbonyl (C=O) groups is 2. The van der Waals surface area contributed by atoms with E-state index in [1.165, 1.54) is 23.1 Å². The number of carbonyl (C=O) groups excluding carboxylic acids is 2. The van der Waals surface area contributed by atoms with Crippen LogP contribution in [0, 0.1) is 0 Å². The van der Waals surface area contributed by atoms with Crippen LogP contribution in [0.2, 0.25) is 0 Å². The fraction of sp³-hybridized carbons (Fsp3) is 0.0588. The van der Waals surface area contributed by atoms with Crippen LogP contribution < -0.4 is 10.6 Å². The van der Waals surface area contributed by atoms with Gasteiger partial charge in [-0.05, 0) is 18.2 Å². The summed E-state index contributed by atoms with van der Waals surface area (Å²) in [7, 11) is 0. The monoisotopic (exact) mass is 368 g/mol. The van der Waals surface area contributed by atoms with Gasteiger partial charge >= 0.3 is 0 Å². The molecule has 2 amide bonds. The van der Waals surface area contributed by atoms with Crippen molar-refractivity contribution in [3.8, 4) is 10.6 Å². The van der Waals surface area contributed by atoms with Crippen LogP contribution in [0.4, 0.5) is 10.8 Å². The minimum atomic E-state index is -0.289. The average molecular weight is 368 g/mol. The quantitative estimate of drug-likeness (QED) is 0.739. The highest BCUT2D eigenvalue weighted by atomic mass is 32.2.